The summed E-state index contributed by atoms with van der Waals surface area (Å²) < 4.78 is 62.1. The summed E-state index contributed by atoms with van der Waals surface area (Å²) in [5.74, 6) is -0.801. The number of esters is 1. The van der Waals surface area contributed by atoms with E-state index in [1.165, 1.54) is 6.92 Å². The minimum atomic E-state index is -4.00. The zero-order chi connectivity index (χ0) is 50.5. The zero-order valence-electron chi connectivity index (χ0n) is 41.8. The maximum atomic E-state index is 15.6. The number of ether oxygens (including phenoxy) is 5. The van der Waals surface area contributed by atoms with Crippen LogP contribution in [-0.4, -0.2) is 137 Å². The molecule has 0 bridgehead atoms. The van der Waals surface area contributed by atoms with Gasteiger partial charge in [0.25, 0.3) is 0 Å². The lowest BCUT2D eigenvalue weighted by atomic mass is 9.88. The van der Waals surface area contributed by atoms with Crippen molar-refractivity contribution in [1.29, 1.82) is 0 Å². The van der Waals surface area contributed by atoms with Crippen LogP contribution in [0.3, 0.4) is 0 Å². The van der Waals surface area contributed by atoms with Gasteiger partial charge in [-0.15, -0.1) is 0 Å². The minimum absolute atomic E-state index is 0.0404. The lowest BCUT2D eigenvalue weighted by Gasteiger charge is -2.32. The van der Waals surface area contributed by atoms with Crippen LogP contribution in [0.15, 0.2) is 59.9 Å². The number of carbonyl (C=O) groups excluding carboxylic acids is 3. The molecule has 1 saturated heterocycles. The topological polar surface area (TPSA) is 193 Å². The van der Waals surface area contributed by atoms with Crippen molar-refractivity contribution in [3.05, 3.63) is 76.8 Å². The Kier molecular flexibility index (Phi) is 20.6. The first-order chi connectivity index (χ1) is 32.7. The molecule has 2 amide bonds. The van der Waals surface area contributed by atoms with Crippen LogP contribution in [0.2, 0.25) is 0 Å². The van der Waals surface area contributed by atoms with Crippen LogP contribution >= 0.6 is 0 Å². The number of epoxide rings is 1. The van der Waals surface area contributed by atoms with Crippen molar-refractivity contribution >= 4 is 36.7 Å². The number of aliphatic hydroxyl groups is 3. The highest BCUT2D eigenvalue weighted by molar-refractivity contribution is 6.58. The fraction of sp³-hybridized carbons (Fsp3) is 0.647. The van der Waals surface area contributed by atoms with Crippen LogP contribution in [0.4, 0.5) is 13.4 Å². The van der Waals surface area contributed by atoms with Crippen molar-refractivity contribution in [3.63, 3.8) is 0 Å². The van der Waals surface area contributed by atoms with E-state index >= 15 is 8.63 Å². The van der Waals surface area contributed by atoms with Gasteiger partial charge in [-0.05, 0) is 101 Å². The number of nitrogens with zero attached hydrogens (tertiary/aromatic N) is 2. The summed E-state index contributed by atoms with van der Waals surface area (Å²) in [6.45, 7) is 12.2. The first-order valence-corrected chi connectivity index (χ1v) is 24.8. The van der Waals surface area contributed by atoms with Gasteiger partial charge in [0.05, 0.1) is 57.3 Å². The van der Waals surface area contributed by atoms with Crippen LogP contribution in [0.1, 0.15) is 116 Å². The quantitative estimate of drug-likeness (QED) is 0.0198. The Balaban J connectivity index is 0.971. The molecule has 15 nitrogen and oxygen atoms in total. The van der Waals surface area contributed by atoms with E-state index in [9.17, 15) is 29.7 Å². The molecule has 5 N–H and O–H groups in total. The Morgan fingerprint density at radius 1 is 1.09 bits per heavy atom. The molecule has 0 spiro atoms. The molecule has 5 rings (SSSR count). The molecule has 0 radical (unpaired) electrons. The number of halogens is 2. The number of hydrogen-bond donors (Lipinski definition) is 5. The summed E-state index contributed by atoms with van der Waals surface area (Å²) >= 11 is 0. The van der Waals surface area contributed by atoms with Crippen LogP contribution in [0.5, 0.6) is 0 Å². The molecule has 0 saturated carbocycles. The van der Waals surface area contributed by atoms with E-state index in [2.05, 4.69) is 23.6 Å². The van der Waals surface area contributed by atoms with Crippen LogP contribution in [-0.2, 0) is 33.3 Å². The van der Waals surface area contributed by atoms with Crippen LogP contribution in [0, 0.1) is 31.6 Å². The number of hydrogen-bond acceptors (Lipinski definition) is 11. The van der Waals surface area contributed by atoms with Gasteiger partial charge in [-0.25, -0.2) is 4.79 Å². The molecule has 5 heterocycles. The van der Waals surface area contributed by atoms with Crippen molar-refractivity contribution in [2.45, 2.75) is 155 Å². The second-order valence-electron chi connectivity index (χ2n) is 19.5. The van der Waals surface area contributed by atoms with Gasteiger partial charge in [0.15, 0.2) is 11.8 Å². The molecule has 1 aromatic rings. The Hall–Kier alpha value is -4.46. The number of aryl methyl sites for hydroxylation is 2. The molecule has 384 valence electrons. The minimum Gasteiger partial charge on any atom is -0.457 e. The molecule has 4 aliphatic heterocycles. The van der Waals surface area contributed by atoms with Gasteiger partial charge >= 0.3 is 19.0 Å². The van der Waals surface area contributed by atoms with E-state index in [1.54, 1.807) is 43.4 Å². The summed E-state index contributed by atoms with van der Waals surface area (Å²) in [4.78, 5) is 38.2. The lowest BCUT2D eigenvalue weighted by Crippen LogP contribution is -2.50. The van der Waals surface area contributed by atoms with E-state index in [0.29, 0.717) is 55.0 Å². The number of rotatable bonds is 23. The predicted octanol–water partition coefficient (Wildman–Crippen LogP) is 6.61. The normalized spacial score (nSPS) is 27.1. The SMILES string of the molecule is CCC(O)C(C)C1OC1CC(C)C=CC=C(C)C1OC(=O)CC(O)CCC(C)(O)C(OC(=O)NCCOCCOCCNC(=O)CCCCC2=[N+]3C(=Cc4c(C)cc(C)n4[B-]3(F)F)C=C2)C=CC1C. The number of alkyl carbamates (subject to hydrolysis) is 1. The average Bonchev–Trinajstić information content (AvgIpc) is 3.81. The van der Waals surface area contributed by atoms with Gasteiger partial charge in [-0.3, -0.25) is 9.59 Å². The van der Waals surface area contributed by atoms with Crippen molar-refractivity contribution in [1.82, 2.24) is 15.1 Å². The third-order valence-electron chi connectivity index (χ3n) is 13.5. The number of amides is 2. The highest BCUT2D eigenvalue weighted by Crippen LogP contribution is 2.37. The fourth-order valence-electron chi connectivity index (χ4n) is 9.33. The zero-order valence-corrected chi connectivity index (χ0v) is 41.8. The average molecular weight is 971 g/mol. The lowest BCUT2D eigenvalue weighted by molar-refractivity contribution is -0.362. The number of aliphatic hydroxyl groups excluding tert-OH is 2. The monoisotopic (exact) mass is 971 g/mol. The third kappa shape index (κ3) is 15.8. The smallest absolute Gasteiger partial charge is 0.457 e. The summed E-state index contributed by atoms with van der Waals surface area (Å²) in [6, 6.07) is 1.78. The largest absolute Gasteiger partial charge is 0.737 e. The Morgan fingerprint density at radius 2 is 1.80 bits per heavy atom. The second kappa shape index (κ2) is 25.6. The molecule has 69 heavy (non-hydrogen) atoms. The molecule has 1 aromatic heterocycles. The molecule has 10 atom stereocenters. The number of carbonyl (C=O) groups is 3. The Morgan fingerprint density at radius 3 is 2.51 bits per heavy atom. The van der Waals surface area contributed by atoms with E-state index in [4.69, 9.17) is 23.7 Å². The van der Waals surface area contributed by atoms with Crippen molar-refractivity contribution in [3.8, 4) is 0 Å². The van der Waals surface area contributed by atoms with Gasteiger partial charge in [0, 0.05) is 61.7 Å². The highest BCUT2D eigenvalue weighted by atomic mass is 19.2. The molecule has 18 heteroatoms. The molecular formula is C51H77BF2N4O11. The van der Waals surface area contributed by atoms with Gasteiger partial charge in [0.1, 0.15) is 17.4 Å². The maximum absolute atomic E-state index is 15.6. The van der Waals surface area contributed by atoms with E-state index in [1.807, 2.05) is 46.8 Å². The highest BCUT2D eigenvalue weighted by Gasteiger charge is 2.52. The van der Waals surface area contributed by atoms with Crippen molar-refractivity contribution < 1.29 is 66.5 Å². The summed E-state index contributed by atoms with van der Waals surface area (Å²) in [7, 11) is 0. The predicted molar refractivity (Wildman–Crippen MR) is 261 cm³/mol. The van der Waals surface area contributed by atoms with Gasteiger partial charge < -0.3 is 67.2 Å². The molecular weight excluding hydrogens is 893 g/mol. The summed E-state index contributed by atoms with van der Waals surface area (Å²) in [5.41, 5.74) is 2.13. The van der Waals surface area contributed by atoms with Crippen molar-refractivity contribution in [2.24, 2.45) is 17.8 Å². The number of fused-ring (bicyclic) bond motifs is 2. The number of aromatic nitrogens is 1. The molecule has 0 aromatic carbocycles. The van der Waals surface area contributed by atoms with E-state index in [-0.39, 0.29) is 101 Å². The summed E-state index contributed by atoms with van der Waals surface area (Å²) in [5, 5.41) is 37.7. The molecule has 10 unspecified atom stereocenters. The second-order valence-corrected chi connectivity index (χ2v) is 19.5. The molecule has 0 aliphatic carbocycles. The summed E-state index contributed by atoms with van der Waals surface area (Å²) in [6.07, 6.45) is 13.9. The molecule has 4 aliphatic rings. The Bertz CT molecular complexity index is 2120. The standard InChI is InChI=1S/C51H77BF2N4O11/c1-9-43(60)38(7)49-44(67-49)29-33(2)13-12-14-34(3)48-35(4)17-20-45(51(8,64)22-21-41(59)32-47(62)69-48)68-50(63)56-24-26-66-28-27-65-25-23-55-46(61)16-11-10-15-39-18-19-40-31-42-36(5)30-37(6)57(42)52(53,54)58(39)40/h12-14,17-20,30-31,33,35,38,41,43-45,48-49,59-60,64H,9-11,15-16,21-29,32H2,1-8H3,(H,55,61)(H,56,63). The molecule has 1 fully saturated rings. The van der Waals surface area contributed by atoms with Gasteiger partial charge in [0.2, 0.25) is 5.91 Å². The number of cyclic esters (lactones) is 1. The first-order valence-electron chi connectivity index (χ1n) is 24.8. The van der Waals surface area contributed by atoms with Gasteiger partial charge in [-0.1, -0.05) is 52.0 Å². The first kappa shape index (κ1) is 55.5. The van der Waals surface area contributed by atoms with Crippen LogP contribution < -0.4 is 10.6 Å². The van der Waals surface area contributed by atoms with E-state index < -0.39 is 42.9 Å². The maximum Gasteiger partial charge on any atom is 0.737 e. The van der Waals surface area contributed by atoms with Crippen LogP contribution in [0.25, 0.3) is 6.08 Å². The number of nitrogens with one attached hydrogen (secondary N) is 2. The third-order valence-corrected chi connectivity index (χ3v) is 13.5. The van der Waals surface area contributed by atoms with E-state index in [0.717, 1.165) is 26.5 Å². The number of unbranched alkanes of at least 4 members (excludes halogenated alkanes) is 1. The van der Waals surface area contributed by atoms with Crippen molar-refractivity contribution in [2.75, 3.05) is 39.5 Å². The van der Waals surface area contributed by atoms with Gasteiger partial charge in [-0.2, -0.15) is 0 Å². The fourth-order valence-corrected chi connectivity index (χ4v) is 9.33. The Labute approximate surface area is 406 Å². The number of allylic oxidation sites excluding steroid dienone is 5.